The quantitative estimate of drug-likeness (QED) is 0.103. The number of benzene rings is 1. The molecule has 0 radical (unpaired) electrons. The van der Waals surface area contributed by atoms with Crippen LogP contribution in [0.1, 0.15) is 25.7 Å². The molecule has 2 rings (SSSR count). The van der Waals surface area contributed by atoms with Crippen molar-refractivity contribution in [3.05, 3.63) is 29.1 Å². The third-order valence-corrected chi connectivity index (χ3v) is 4.25. The number of halogens is 5. The molecule has 0 amide bonds. The molecular weight excluding hydrogens is 447 g/mol. The molecule has 1 heterocycles. The van der Waals surface area contributed by atoms with E-state index in [-0.39, 0.29) is 26.1 Å². The van der Waals surface area contributed by atoms with Gasteiger partial charge in [0.15, 0.2) is 6.29 Å². The van der Waals surface area contributed by atoms with Gasteiger partial charge in [-0.05, 0) is 19.3 Å². The minimum Gasteiger partial charge on any atom is -0.420 e. The van der Waals surface area contributed by atoms with E-state index in [4.69, 9.17) is 23.7 Å². The molecule has 1 aliphatic heterocycles. The Balaban J connectivity index is 1.46. The van der Waals surface area contributed by atoms with Gasteiger partial charge in [0.2, 0.25) is 34.8 Å². The number of esters is 1. The second kappa shape index (κ2) is 14.3. The number of hydrogen-bond acceptors (Lipinski definition) is 7. The lowest BCUT2D eigenvalue weighted by molar-refractivity contribution is -0.169. The fourth-order valence-corrected chi connectivity index (χ4v) is 2.62. The Morgan fingerprint density at radius 3 is 1.84 bits per heavy atom. The normalized spacial score (nSPS) is 16.3. The maximum absolute atomic E-state index is 13.4. The van der Waals surface area contributed by atoms with Crippen LogP contribution in [0.15, 0.2) is 0 Å². The molecule has 182 valence electrons. The summed E-state index contributed by atoms with van der Waals surface area (Å²) in [6.45, 7) is 2.32. The van der Waals surface area contributed by atoms with Gasteiger partial charge in [0.05, 0.1) is 52.7 Å². The highest BCUT2D eigenvalue weighted by Gasteiger charge is 2.28. The van der Waals surface area contributed by atoms with Crippen LogP contribution in [0.25, 0.3) is 0 Å². The largest absolute Gasteiger partial charge is 0.420 e. The lowest BCUT2D eigenvalue weighted by Crippen LogP contribution is -2.24. The first-order chi connectivity index (χ1) is 15.4. The Morgan fingerprint density at radius 1 is 0.750 bits per heavy atom. The van der Waals surface area contributed by atoms with Gasteiger partial charge in [-0.3, -0.25) is 4.79 Å². The van der Waals surface area contributed by atoms with Crippen LogP contribution in [-0.4, -0.2) is 65.1 Å². The zero-order valence-corrected chi connectivity index (χ0v) is 17.3. The van der Waals surface area contributed by atoms with Crippen LogP contribution in [-0.2, 0) is 28.5 Å². The van der Waals surface area contributed by atoms with Crippen molar-refractivity contribution in [1.29, 1.82) is 0 Å². The Kier molecular flexibility index (Phi) is 11.8. The summed E-state index contributed by atoms with van der Waals surface area (Å²) in [6, 6.07) is 0. The number of ether oxygens (including phenoxy) is 6. The maximum Gasteiger partial charge on any atom is 0.313 e. The Morgan fingerprint density at radius 2 is 1.28 bits per heavy atom. The maximum atomic E-state index is 13.4. The van der Waals surface area contributed by atoms with Crippen LogP contribution in [0.4, 0.5) is 22.0 Å². The van der Waals surface area contributed by atoms with E-state index in [1.807, 2.05) is 0 Å². The van der Waals surface area contributed by atoms with E-state index in [1.54, 1.807) is 0 Å². The average Bonchev–Trinajstić information content (AvgIpc) is 2.80. The number of hydrogen-bond donors (Lipinski definition) is 0. The van der Waals surface area contributed by atoms with Crippen molar-refractivity contribution in [3.63, 3.8) is 0 Å². The predicted octanol–water partition coefficient (Wildman–Crippen LogP) is 3.27. The smallest absolute Gasteiger partial charge is 0.313 e. The molecule has 1 saturated heterocycles. The van der Waals surface area contributed by atoms with Gasteiger partial charge in [-0.1, -0.05) is 0 Å². The molecule has 32 heavy (non-hydrogen) atoms. The predicted molar refractivity (Wildman–Crippen MR) is 98.5 cm³/mol. The van der Waals surface area contributed by atoms with Gasteiger partial charge in [-0.15, -0.1) is 0 Å². The molecule has 1 aromatic carbocycles. The third kappa shape index (κ3) is 8.58. The summed E-state index contributed by atoms with van der Waals surface area (Å²) < 4.78 is 96.8. The van der Waals surface area contributed by atoms with Gasteiger partial charge in [0.1, 0.15) is 0 Å². The van der Waals surface area contributed by atoms with Crippen molar-refractivity contribution in [2.24, 2.45) is 0 Å². The molecule has 1 fully saturated rings. The van der Waals surface area contributed by atoms with Crippen molar-refractivity contribution in [2.45, 2.75) is 32.0 Å². The first kappa shape index (κ1) is 26.4. The van der Waals surface area contributed by atoms with Gasteiger partial charge in [0.25, 0.3) is 0 Å². The molecule has 0 saturated carbocycles. The van der Waals surface area contributed by atoms with Crippen LogP contribution >= 0.6 is 0 Å². The van der Waals surface area contributed by atoms with Gasteiger partial charge in [0, 0.05) is 6.61 Å². The standard InChI is InChI=1S/C20H25F5O7/c21-15-16(22)18(24)20(19(25)17(15)23)32-13(26)4-6-27-7-8-28-9-10-29-11-12-31-14-3-1-2-5-30-14/h14H,1-12H2. The molecular formula is C20H25F5O7. The lowest BCUT2D eigenvalue weighted by Gasteiger charge is -2.22. The van der Waals surface area contributed by atoms with Crippen molar-refractivity contribution in [1.82, 2.24) is 0 Å². The van der Waals surface area contributed by atoms with E-state index >= 15 is 0 Å². The number of rotatable bonds is 14. The number of carbonyl (C=O) groups is 1. The molecule has 1 aromatic rings. The van der Waals surface area contributed by atoms with E-state index in [0.29, 0.717) is 33.0 Å². The van der Waals surface area contributed by atoms with E-state index in [1.165, 1.54) is 0 Å². The fourth-order valence-electron chi connectivity index (χ4n) is 2.62. The molecule has 0 aliphatic carbocycles. The Bertz CT molecular complexity index is 700. The summed E-state index contributed by atoms with van der Waals surface area (Å²) in [6.07, 6.45) is 2.41. The van der Waals surface area contributed by atoms with Crippen molar-refractivity contribution < 1.29 is 55.2 Å². The molecule has 0 spiro atoms. The van der Waals surface area contributed by atoms with Gasteiger partial charge in [-0.2, -0.15) is 8.78 Å². The molecule has 12 heteroatoms. The summed E-state index contributed by atoms with van der Waals surface area (Å²) in [5.74, 6) is -14.0. The summed E-state index contributed by atoms with van der Waals surface area (Å²) in [5, 5.41) is 0. The van der Waals surface area contributed by atoms with Crippen LogP contribution in [0.5, 0.6) is 5.75 Å². The highest BCUT2D eigenvalue weighted by molar-refractivity contribution is 5.72. The topological polar surface area (TPSA) is 72.5 Å². The fraction of sp³-hybridized carbons (Fsp3) is 0.650. The van der Waals surface area contributed by atoms with E-state index in [2.05, 4.69) is 4.74 Å². The second-order valence-electron chi connectivity index (χ2n) is 6.63. The zero-order valence-electron chi connectivity index (χ0n) is 17.3. The molecule has 1 unspecified atom stereocenters. The summed E-state index contributed by atoms with van der Waals surface area (Å²) in [5.41, 5.74) is 0. The van der Waals surface area contributed by atoms with Gasteiger partial charge < -0.3 is 28.4 Å². The first-order valence-corrected chi connectivity index (χ1v) is 10.1. The highest BCUT2D eigenvalue weighted by Crippen LogP contribution is 2.29. The summed E-state index contributed by atoms with van der Waals surface area (Å²) in [4.78, 5) is 11.5. The lowest BCUT2D eigenvalue weighted by atomic mass is 10.2. The third-order valence-electron chi connectivity index (χ3n) is 4.25. The van der Waals surface area contributed by atoms with Crippen LogP contribution in [0, 0.1) is 29.1 Å². The molecule has 1 atom stereocenters. The molecule has 1 aliphatic rings. The molecule has 0 bridgehead atoms. The minimum absolute atomic E-state index is 0.109. The first-order valence-electron chi connectivity index (χ1n) is 10.1. The monoisotopic (exact) mass is 472 g/mol. The number of carbonyl (C=O) groups excluding carboxylic acids is 1. The molecule has 0 aromatic heterocycles. The van der Waals surface area contributed by atoms with Crippen molar-refractivity contribution in [2.75, 3.05) is 52.9 Å². The highest BCUT2D eigenvalue weighted by atomic mass is 19.2. The van der Waals surface area contributed by atoms with E-state index in [9.17, 15) is 26.7 Å². The van der Waals surface area contributed by atoms with E-state index < -0.39 is 47.2 Å². The molecule has 7 nitrogen and oxygen atoms in total. The second-order valence-corrected chi connectivity index (χ2v) is 6.63. The van der Waals surface area contributed by atoms with E-state index in [0.717, 1.165) is 19.3 Å². The summed E-state index contributed by atoms with van der Waals surface area (Å²) in [7, 11) is 0. The van der Waals surface area contributed by atoms with Crippen molar-refractivity contribution >= 4 is 5.97 Å². The summed E-state index contributed by atoms with van der Waals surface area (Å²) >= 11 is 0. The minimum atomic E-state index is -2.34. The van der Waals surface area contributed by atoms with Crippen LogP contribution in [0.3, 0.4) is 0 Å². The average molecular weight is 472 g/mol. The van der Waals surface area contributed by atoms with Crippen LogP contribution < -0.4 is 4.74 Å². The van der Waals surface area contributed by atoms with Crippen LogP contribution in [0.2, 0.25) is 0 Å². The van der Waals surface area contributed by atoms with Crippen molar-refractivity contribution in [3.8, 4) is 5.75 Å². The SMILES string of the molecule is O=C(CCOCCOCCOCCOC1CCCCO1)Oc1c(F)c(F)c(F)c(F)c1F. The zero-order chi connectivity index (χ0) is 23.3. The molecule has 0 N–H and O–H groups in total. The Hall–Kier alpha value is -1.86. The Labute approximate surface area is 181 Å². The van der Waals surface area contributed by atoms with Gasteiger partial charge in [-0.25, -0.2) is 13.2 Å². The van der Waals surface area contributed by atoms with Gasteiger partial charge >= 0.3 is 5.97 Å².